The van der Waals surface area contributed by atoms with Crippen molar-refractivity contribution in [1.29, 1.82) is 0 Å². The lowest BCUT2D eigenvalue weighted by Crippen LogP contribution is -2.30. The normalized spacial score (nSPS) is 18.9. The van der Waals surface area contributed by atoms with E-state index in [0.29, 0.717) is 6.04 Å². The maximum Gasteiger partial charge on any atom is 0.161 e. The van der Waals surface area contributed by atoms with Crippen molar-refractivity contribution in [3.8, 4) is 0 Å². The van der Waals surface area contributed by atoms with Gasteiger partial charge in [0.05, 0.1) is 0 Å². The number of Topliss-reactive ketones (excluding diaryl/α,β-unsaturated/α-hetero) is 1. The highest BCUT2D eigenvalue weighted by Crippen LogP contribution is 2.33. The molecule has 104 valence electrons. The van der Waals surface area contributed by atoms with Crippen molar-refractivity contribution in [3.05, 3.63) is 28.2 Å². The number of carbonyl (C=O) groups excluding carboxylic acids is 1. The van der Waals surface area contributed by atoms with Crippen molar-refractivity contribution in [2.75, 3.05) is 18.1 Å². The van der Waals surface area contributed by atoms with E-state index in [1.807, 2.05) is 18.2 Å². The second-order valence-corrected chi connectivity index (χ2v) is 5.99. The molecule has 0 radical (unpaired) electrons. The number of anilines is 1. The van der Waals surface area contributed by atoms with E-state index in [1.54, 1.807) is 6.92 Å². The van der Waals surface area contributed by atoms with Gasteiger partial charge in [-0.1, -0.05) is 15.9 Å². The second kappa shape index (κ2) is 6.53. The topological polar surface area (TPSA) is 40.5 Å². The third-order valence-corrected chi connectivity index (χ3v) is 4.21. The summed E-state index contributed by atoms with van der Waals surface area (Å²) in [5, 5.41) is 8.99. The molecule has 3 nitrogen and oxygen atoms in total. The van der Waals surface area contributed by atoms with Crippen LogP contribution in [-0.4, -0.2) is 30.1 Å². The molecule has 1 aromatic carbocycles. The number of halogens is 1. The Morgan fingerprint density at radius 3 is 3.00 bits per heavy atom. The number of carbonyl (C=O) groups is 1. The Hall–Kier alpha value is -0.870. The molecule has 2 rings (SSSR count). The van der Waals surface area contributed by atoms with Crippen LogP contribution in [0, 0.1) is 0 Å². The molecular weight excluding hydrogens is 306 g/mol. The maximum absolute atomic E-state index is 11.8. The van der Waals surface area contributed by atoms with Gasteiger partial charge in [-0.05, 0) is 50.8 Å². The summed E-state index contributed by atoms with van der Waals surface area (Å²) in [6.07, 6.45) is 4.11. The van der Waals surface area contributed by atoms with Crippen molar-refractivity contribution in [1.82, 2.24) is 0 Å². The lowest BCUT2D eigenvalue weighted by molar-refractivity contribution is 0.101. The first-order valence-corrected chi connectivity index (χ1v) is 7.60. The van der Waals surface area contributed by atoms with Gasteiger partial charge in [-0.2, -0.15) is 0 Å². The summed E-state index contributed by atoms with van der Waals surface area (Å²) >= 11 is 3.49. The zero-order valence-electron chi connectivity index (χ0n) is 11.2. The molecule has 19 heavy (non-hydrogen) atoms. The summed E-state index contributed by atoms with van der Waals surface area (Å²) in [5.74, 6) is 0.107. The van der Waals surface area contributed by atoms with Crippen LogP contribution in [-0.2, 0) is 0 Å². The number of rotatable bonds is 5. The van der Waals surface area contributed by atoms with Gasteiger partial charge in [-0.15, -0.1) is 0 Å². The lowest BCUT2D eigenvalue weighted by Gasteiger charge is -2.28. The first kappa shape index (κ1) is 14.5. The summed E-state index contributed by atoms with van der Waals surface area (Å²) in [6, 6.07) is 6.29. The minimum Gasteiger partial charge on any atom is -0.396 e. The molecule has 0 aromatic heterocycles. The van der Waals surface area contributed by atoms with E-state index in [-0.39, 0.29) is 12.4 Å². The summed E-state index contributed by atoms with van der Waals surface area (Å²) in [4.78, 5) is 14.1. The molecule has 1 aliphatic heterocycles. The molecule has 0 spiro atoms. The molecule has 4 heteroatoms. The van der Waals surface area contributed by atoms with E-state index in [2.05, 4.69) is 20.8 Å². The monoisotopic (exact) mass is 325 g/mol. The number of benzene rings is 1. The van der Waals surface area contributed by atoms with Gasteiger partial charge >= 0.3 is 0 Å². The van der Waals surface area contributed by atoms with Gasteiger partial charge in [0, 0.05) is 34.9 Å². The molecule has 1 atom stereocenters. The lowest BCUT2D eigenvalue weighted by atomic mass is 10.1. The molecule has 0 bridgehead atoms. The highest BCUT2D eigenvalue weighted by Gasteiger charge is 2.26. The van der Waals surface area contributed by atoms with Gasteiger partial charge < -0.3 is 10.0 Å². The molecule has 0 saturated carbocycles. The number of ketones is 1. The molecule has 0 aliphatic carbocycles. The first-order chi connectivity index (χ1) is 9.13. The Balaban J connectivity index is 2.28. The first-order valence-electron chi connectivity index (χ1n) is 6.81. The van der Waals surface area contributed by atoms with Crippen molar-refractivity contribution < 1.29 is 9.90 Å². The third-order valence-electron chi connectivity index (χ3n) is 3.72. The summed E-state index contributed by atoms with van der Waals surface area (Å²) in [7, 11) is 0. The highest BCUT2D eigenvalue weighted by atomic mass is 79.9. The standard InChI is InChI=1S/C15H20BrNO2/c1-11(19)14-7-6-12(16)10-15(14)17-8-2-4-13(17)5-3-9-18/h6-7,10,13,18H,2-5,8-9H2,1H3. The molecule has 1 fully saturated rings. The Morgan fingerprint density at radius 1 is 1.53 bits per heavy atom. The van der Waals surface area contributed by atoms with Crippen LogP contribution < -0.4 is 4.90 Å². The fourth-order valence-corrected chi connectivity index (χ4v) is 3.17. The van der Waals surface area contributed by atoms with Crippen LogP contribution in [0.25, 0.3) is 0 Å². The van der Waals surface area contributed by atoms with Gasteiger partial charge in [-0.3, -0.25) is 4.79 Å². The average molecular weight is 326 g/mol. The van der Waals surface area contributed by atoms with Crippen LogP contribution in [0.1, 0.15) is 43.0 Å². The zero-order valence-corrected chi connectivity index (χ0v) is 12.8. The smallest absolute Gasteiger partial charge is 0.161 e. The highest BCUT2D eigenvalue weighted by molar-refractivity contribution is 9.10. The Labute approximate surface area is 122 Å². The predicted octanol–water partition coefficient (Wildman–Crippen LogP) is 3.39. The van der Waals surface area contributed by atoms with Crippen LogP contribution in [0.5, 0.6) is 0 Å². The average Bonchev–Trinajstić information content (AvgIpc) is 2.83. The molecule has 0 amide bonds. The quantitative estimate of drug-likeness (QED) is 0.843. The van der Waals surface area contributed by atoms with Crippen LogP contribution >= 0.6 is 15.9 Å². The van der Waals surface area contributed by atoms with E-state index in [4.69, 9.17) is 5.11 Å². The molecule has 1 aromatic rings. The fourth-order valence-electron chi connectivity index (χ4n) is 2.82. The van der Waals surface area contributed by atoms with Crippen molar-refractivity contribution >= 4 is 27.4 Å². The van der Waals surface area contributed by atoms with Gasteiger partial charge in [0.25, 0.3) is 0 Å². The molecule has 1 heterocycles. The van der Waals surface area contributed by atoms with Crippen LogP contribution in [0.3, 0.4) is 0 Å². The van der Waals surface area contributed by atoms with Crippen LogP contribution in [0.4, 0.5) is 5.69 Å². The molecule has 1 saturated heterocycles. The zero-order chi connectivity index (χ0) is 13.8. The summed E-state index contributed by atoms with van der Waals surface area (Å²) < 4.78 is 1.00. The van der Waals surface area contributed by atoms with Gasteiger partial charge in [0.2, 0.25) is 0 Å². The van der Waals surface area contributed by atoms with Crippen molar-refractivity contribution in [2.45, 2.75) is 38.6 Å². The summed E-state index contributed by atoms with van der Waals surface area (Å²) in [5.41, 5.74) is 1.82. The van der Waals surface area contributed by atoms with Gasteiger partial charge in [0.1, 0.15) is 0 Å². The van der Waals surface area contributed by atoms with Crippen LogP contribution in [0.15, 0.2) is 22.7 Å². The Kier molecular flexibility index (Phi) is 4.99. The Bertz CT molecular complexity index is 461. The van der Waals surface area contributed by atoms with Crippen LogP contribution in [0.2, 0.25) is 0 Å². The van der Waals surface area contributed by atoms with E-state index >= 15 is 0 Å². The maximum atomic E-state index is 11.8. The van der Waals surface area contributed by atoms with E-state index in [0.717, 1.165) is 48.0 Å². The Morgan fingerprint density at radius 2 is 2.32 bits per heavy atom. The van der Waals surface area contributed by atoms with E-state index < -0.39 is 0 Å². The molecule has 1 aliphatic rings. The fraction of sp³-hybridized carbons (Fsp3) is 0.533. The number of hydrogen-bond donors (Lipinski definition) is 1. The second-order valence-electron chi connectivity index (χ2n) is 5.07. The number of aliphatic hydroxyl groups is 1. The number of aliphatic hydroxyl groups excluding tert-OH is 1. The summed E-state index contributed by atoms with van der Waals surface area (Å²) in [6.45, 7) is 2.85. The van der Waals surface area contributed by atoms with E-state index in [1.165, 1.54) is 0 Å². The van der Waals surface area contributed by atoms with Gasteiger partial charge in [0.15, 0.2) is 5.78 Å². The van der Waals surface area contributed by atoms with Crippen molar-refractivity contribution in [2.24, 2.45) is 0 Å². The molecular formula is C15H20BrNO2. The number of nitrogens with zero attached hydrogens (tertiary/aromatic N) is 1. The SMILES string of the molecule is CC(=O)c1ccc(Br)cc1N1CCCC1CCCO. The largest absolute Gasteiger partial charge is 0.396 e. The minimum atomic E-state index is 0.107. The van der Waals surface area contributed by atoms with Gasteiger partial charge in [-0.25, -0.2) is 0 Å². The third kappa shape index (κ3) is 3.37. The molecule has 1 unspecified atom stereocenters. The minimum absolute atomic E-state index is 0.107. The predicted molar refractivity (Wildman–Crippen MR) is 80.8 cm³/mol. The van der Waals surface area contributed by atoms with E-state index in [9.17, 15) is 4.79 Å². The number of hydrogen-bond acceptors (Lipinski definition) is 3. The molecule has 1 N–H and O–H groups in total. The van der Waals surface area contributed by atoms with Crippen molar-refractivity contribution in [3.63, 3.8) is 0 Å².